The monoisotopic (exact) mass is 455 g/mol. The molecule has 0 heterocycles. The largest absolute Gasteiger partial charge is 0.497 e. The Kier molecular flexibility index (Phi) is 7.93. The Labute approximate surface area is 192 Å². The van der Waals surface area contributed by atoms with Gasteiger partial charge in [0.25, 0.3) is 0 Å². The molecule has 3 aromatic carbocycles. The van der Waals surface area contributed by atoms with E-state index in [0.29, 0.717) is 34.5 Å². The van der Waals surface area contributed by atoms with Gasteiger partial charge >= 0.3 is 6.03 Å². The summed E-state index contributed by atoms with van der Waals surface area (Å²) in [6.45, 7) is 2.46. The number of carbonyl (C=O) groups excluding carboxylic acids is 1. The molecule has 2 amide bonds. The van der Waals surface area contributed by atoms with Gasteiger partial charge < -0.3 is 10.1 Å². The molecule has 3 aromatic rings. The lowest BCUT2D eigenvalue weighted by Gasteiger charge is -2.12. The van der Waals surface area contributed by atoms with Gasteiger partial charge in [0.05, 0.1) is 23.7 Å². The van der Waals surface area contributed by atoms with Crippen LogP contribution in [-0.4, -0.2) is 19.0 Å². The molecule has 0 aromatic heterocycles. The number of nitrogens with zero attached hydrogens (tertiary/aromatic N) is 1. The van der Waals surface area contributed by atoms with Crippen molar-refractivity contribution < 1.29 is 9.53 Å². The molecule has 0 spiro atoms. The van der Waals surface area contributed by atoms with Crippen molar-refractivity contribution in [2.45, 2.75) is 19.9 Å². The van der Waals surface area contributed by atoms with E-state index in [-0.39, 0.29) is 0 Å². The van der Waals surface area contributed by atoms with Crippen molar-refractivity contribution in [1.29, 1.82) is 0 Å². The number of methoxy groups -OCH3 is 1. The Balaban J connectivity index is 1.74. The van der Waals surface area contributed by atoms with Gasteiger partial charge in [-0.25, -0.2) is 4.79 Å². The summed E-state index contributed by atoms with van der Waals surface area (Å²) in [5.74, 6) is 1.34. The number of hydrogen-bond donors (Lipinski definition) is 2. The maximum absolute atomic E-state index is 12.6. The lowest BCUT2D eigenvalue weighted by atomic mass is 10.1. The van der Waals surface area contributed by atoms with Crippen LogP contribution in [0.4, 0.5) is 10.5 Å². The number of aryl methyl sites for hydroxylation is 1. The molecule has 0 atom stereocenters. The first kappa shape index (κ1) is 22.7. The summed E-state index contributed by atoms with van der Waals surface area (Å²) in [5, 5.41) is 6.41. The lowest BCUT2D eigenvalue weighted by molar-refractivity contribution is 0.256. The van der Waals surface area contributed by atoms with Crippen LogP contribution in [0.2, 0.25) is 10.0 Å². The first-order chi connectivity index (χ1) is 14.9. The van der Waals surface area contributed by atoms with Gasteiger partial charge in [0.15, 0.2) is 0 Å². The summed E-state index contributed by atoms with van der Waals surface area (Å²) in [5.41, 5.74) is 3.75. The maximum Gasteiger partial charge on any atom is 0.324 e. The van der Waals surface area contributed by atoms with Crippen LogP contribution in [-0.2, 0) is 13.0 Å². The van der Waals surface area contributed by atoms with Crippen molar-refractivity contribution in [2.24, 2.45) is 4.99 Å². The molecule has 0 fully saturated rings. The molecule has 5 nitrogen and oxygen atoms in total. The minimum absolute atomic E-state index is 0.368. The Morgan fingerprint density at radius 3 is 2.42 bits per heavy atom. The van der Waals surface area contributed by atoms with Crippen molar-refractivity contribution in [3.8, 4) is 5.75 Å². The molecule has 0 radical (unpaired) electrons. The highest BCUT2D eigenvalue weighted by Gasteiger charge is 2.09. The highest BCUT2D eigenvalue weighted by atomic mass is 35.5. The normalized spacial score (nSPS) is 11.2. The quantitative estimate of drug-likeness (QED) is 0.339. The molecule has 160 valence electrons. The maximum atomic E-state index is 12.6. The van der Waals surface area contributed by atoms with E-state index in [1.807, 2.05) is 49.4 Å². The summed E-state index contributed by atoms with van der Waals surface area (Å²) >= 11 is 12.0. The molecule has 0 bridgehead atoms. The number of anilines is 1. The molecule has 0 unspecified atom stereocenters. The predicted molar refractivity (Wildman–Crippen MR) is 128 cm³/mol. The second kappa shape index (κ2) is 10.8. The first-order valence-corrected chi connectivity index (χ1v) is 10.4. The molecule has 31 heavy (non-hydrogen) atoms. The number of carbonyl (C=O) groups is 1. The molecular formula is C24H23Cl2N3O2. The van der Waals surface area contributed by atoms with Crippen molar-refractivity contribution in [2.75, 3.05) is 12.4 Å². The minimum Gasteiger partial charge on any atom is -0.497 e. The van der Waals surface area contributed by atoms with Crippen LogP contribution in [0.1, 0.15) is 16.7 Å². The standard InChI is InChI=1S/C24H23Cl2N3O2/c1-16-4-3-5-18(12-16)13-23(27-15-17-6-9-20(31-2)10-7-17)29-24(30)28-19-8-11-21(25)22(26)14-19/h3-12,14H,13,15H2,1-2H3,(H2,27,28,29,30). The van der Waals surface area contributed by atoms with Gasteiger partial charge in [-0.05, 0) is 48.4 Å². The lowest BCUT2D eigenvalue weighted by Crippen LogP contribution is -2.35. The highest BCUT2D eigenvalue weighted by molar-refractivity contribution is 6.42. The molecule has 0 aliphatic carbocycles. The summed E-state index contributed by atoms with van der Waals surface area (Å²) < 4.78 is 5.19. The Hall–Kier alpha value is -3.02. The number of urea groups is 1. The Bertz CT molecular complexity index is 1080. The van der Waals surface area contributed by atoms with Gasteiger partial charge in [0.2, 0.25) is 0 Å². The van der Waals surface area contributed by atoms with E-state index in [1.54, 1.807) is 25.3 Å². The Morgan fingerprint density at radius 1 is 0.968 bits per heavy atom. The number of amidine groups is 1. The Morgan fingerprint density at radius 2 is 1.74 bits per heavy atom. The number of amides is 2. The van der Waals surface area contributed by atoms with Crippen LogP contribution in [0.25, 0.3) is 0 Å². The van der Waals surface area contributed by atoms with Gasteiger partial charge in [-0.3, -0.25) is 10.3 Å². The SMILES string of the molecule is COc1ccc(CN=C(Cc2cccc(C)c2)NC(=O)Nc2ccc(Cl)c(Cl)c2)cc1. The summed E-state index contributed by atoms with van der Waals surface area (Å²) in [4.78, 5) is 17.2. The van der Waals surface area contributed by atoms with E-state index in [1.165, 1.54) is 0 Å². The van der Waals surface area contributed by atoms with E-state index in [9.17, 15) is 4.79 Å². The van der Waals surface area contributed by atoms with Crippen molar-refractivity contribution >= 4 is 40.8 Å². The van der Waals surface area contributed by atoms with Crippen LogP contribution < -0.4 is 15.4 Å². The molecule has 3 rings (SSSR count). The zero-order valence-electron chi connectivity index (χ0n) is 17.3. The smallest absolute Gasteiger partial charge is 0.324 e. The number of halogens is 2. The van der Waals surface area contributed by atoms with Gasteiger partial charge in [0, 0.05) is 12.1 Å². The molecule has 0 saturated heterocycles. The van der Waals surface area contributed by atoms with Crippen molar-refractivity contribution in [3.63, 3.8) is 0 Å². The second-order valence-electron chi connectivity index (χ2n) is 6.98. The molecule has 0 saturated carbocycles. The molecule has 0 aliphatic rings. The summed E-state index contributed by atoms with van der Waals surface area (Å²) in [6.07, 6.45) is 0.493. The van der Waals surface area contributed by atoms with Gasteiger partial charge in [-0.1, -0.05) is 65.2 Å². The fourth-order valence-electron chi connectivity index (χ4n) is 2.94. The highest BCUT2D eigenvalue weighted by Crippen LogP contribution is 2.24. The zero-order valence-corrected chi connectivity index (χ0v) is 18.8. The topological polar surface area (TPSA) is 62.7 Å². The zero-order chi connectivity index (χ0) is 22.2. The molecule has 2 N–H and O–H groups in total. The number of benzene rings is 3. The number of rotatable bonds is 6. The van der Waals surface area contributed by atoms with E-state index >= 15 is 0 Å². The van der Waals surface area contributed by atoms with Crippen LogP contribution in [0.3, 0.4) is 0 Å². The van der Waals surface area contributed by atoms with E-state index in [2.05, 4.69) is 21.7 Å². The third-order valence-corrected chi connectivity index (χ3v) is 5.24. The fourth-order valence-corrected chi connectivity index (χ4v) is 3.24. The third kappa shape index (κ3) is 7.02. The van der Waals surface area contributed by atoms with Gasteiger partial charge in [-0.15, -0.1) is 0 Å². The van der Waals surface area contributed by atoms with Crippen molar-refractivity contribution in [3.05, 3.63) is 93.5 Å². The van der Waals surface area contributed by atoms with Crippen LogP contribution in [0.5, 0.6) is 5.75 Å². The molecule has 0 aliphatic heterocycles. The van der Waals surface area contributed by atoms with E-state index < -0.39 is 6.03 Å². The number of aliphatic imine (C=N–C) groups is 1. The van der Waals surface area contributed by atoms with Crippen LogP contribution in [0, 0.1) is 6.92 Å². The molecular weight excluding hydrogens is 433 g/mol. The number of nitrogens with one attached hydrogen (secondary N) is 2. The molecule has 7 heteroatoms. The third-order valence-electron chi connectivity index (χ3n) is 4.50. The average molecular weight is 456 g/mol. The first-order valence-electron chi connectivity index (χ1n) is 9.68. The van der Waals surface area contributed by atoms with Crippen molar-refractivity contribution in [1.82, 2.24) is 5.32 Å². The summed E-state index contributed by atoms with van der Waals surface area (Å²) in [6, 6.07) is 20.3. The van der Waals surface area contributed by atoms with E-state index in [0.717, 1.165) is 22.4 Å². The number of hydrogen-bond acceptors (Lipinski definition) is 3. The minimum atomic E-state index is -0.403. The summed E-state index contributed by atoms with van der Waals surface area (Å²) in [7, 11) is 1.63. The van der Waals surface area contributed by atoms with Gasteiger partial charge in [-0.2, -0.15) is 0 Å². The van der Waals surface area contributed by atoms with E-state index in [4.69, 9.17) is 27.9 Å². The second-order valence-corrected chi connectivity index (χ2v) is 7.80. The average Bonchev–Trinajstić information content (AvgIpc) is 2.75. The van der Waals surface area contributed by atoms with Crippen LogP contribution >= 0.6 is 23.2 Å². The van der Waals surface area contributed by atoms with Crippen LogP contribution in [0.15, 0.2) is 71.7 Å². The predicted octanol–water partition coefficient (Wildman–Crippen LogP) is 6.27. The number of ether oxygens (including phenoxy) is 1. The fraction of sp³-hybridized carbons (Fsp3) is 0.167. The van der Waals surface area contributed by atoms with Gasteiger partial charge in [0.1, 0.15) is 11.6 Å².